The van der Waals surface area contributed by atoms with Crippen LogP contribution in [0, 0.1) is 6.92 Å². The number of nitrogens with one attached hydrogen (secondary N) is 1. The average molecular weight is 370 g/mol. The van der Waals surface area contributed by atoms with E-state index < -0.39 is 35.1 Å². The summed E-state index contributed by atoms with van der Waals surface area (Å²) in [7, 11) is 0. The molecule has 1 N–H and O–H groups in total. The number of hydrogen-bond donors (Lipinski definition) is 1. The second-order valence-corrected chi connectivity index (χ2v) is 8.46. The van der Waals surface area contributed by atoms with Crippen molar-refractivity contribution in [1.82, 2.24) is 9.71 Å². The molecule has 0 bridgehead atoms. The van der Waals surface area contributed by atoms with Crippen LogP contribution in [0.1, 0.15) is 44.9 Å². The molecule has 0 aromatic carbocycles. The van der Waals surface area contributed by atoms with Gasteiger partial charge in [-0.15, -0.1) is 4.72 Å². The van der Waals surface area contributed by atoms with Crippen molar-refractivity contribution >= 4 is 11.4 Å². The van der Waals surface area contributed by atoms with Gasteiger partial charge in [0.2, 0.25) is 5.88 Å². The lowest BCUT2D eigenvalue weighted by Crippen LogP contribution is -2.40. The molecule has 1 unspecified atom stereocenters. The Morgan fingerprint density at radius 2 is 1.92 bits per heavy atom. The van der Waals surface area contributed by atoms with E-state index in [1.54, 1.807) is 19.9 Å². The number of alkyl halides is 4. The standard InChI is InChI=1S/C15H22F4N2O2S/c1-9-6-11(10(2)21-24(22)14(3,4)5)7-20-12(9)23-8-15(18,19)13(16)17/h6-7,10,13,21H,8H2,1-5H3/t10-,24?/m1/s1. The molecule has 0 saturated carbocycles. The Balaban J connectivity index is 2.77. The van der Waals surface area contributed by atoms with Gasteiger partial charge in [0.25, 0.3) is 0 Å². The van der Waals surface area contributed by atoms with Crippen molar-refractivity contribution in [3.05, 3.63) is 23.4 Å². The zero-order valence-electron chi connectivity index (χ0n) is 14.2. The lowest BCUT2D eigenvalue weighted by molar-refractivity contribution is -0.148. The summed E-state index contributed by atoms with van der Waals surface area (Å²) >= 11 is -1.29. The number of pyridine rings is 1. The Hall–Kier alpha value is -1.06. The van der Waals surface area contributed by atoms with E-state index in [9.17, 15) is 22.1 Å². The third kappa shape index (κ3) is 5.78. The molecule has 0 spiro atoms. The molecule has 138 valence electrons. The van der Waals surface area contributed by atoms with Gasteiger partial charge in [0, 0.05) is 23.1 Å². The highest BCUT2D eigenvalue weighted by Crippen LogP contribution is 2.26. The normalized spacial score (nSPS) is 15.5. The first-order chi connectivity index (χ1) is 10.8. The molecule has 0 fully saturated rings. The zero-order chi connectivity index (χ0) is 18.7. The molecule has 1 aromatic heterocycles. The van der Waals surface area contributed by atoms with Crippen molar-refractivity contribution in [3.8, 4) is 5.88 Å². The third-order valence-corrected chi connectivity index (χ3v) is 4.79. The second kappa shape index (κ2) is 7.88. The van der Waals surface area contributed by atoms with Crippen molar-refractivity contribution < 1.29 is 26.9 Å². The Labute approximate surface area is 142 Å². The number of halogens is 4. The topological polar surface area (TPSA) is 57.2 Å². The molecule has 9 heteroatoms. The van der Waals surface area contributed by atoms with Gasteiger partial charge in [0.05, 0.1) is 6.04 Å². The molecule has 0 saturated heterocycles. The van der Waals surface area contributed by atoms with Gasteiger partial charge in [-0.1, -0.05) is 0 Å². The van der Waals surface area contributed by atoms with E-state index >= 15 is 0 Å². The van der Waals surface area contributed by atoms with Gasteiger partial charge in [0.1, 0.15) is 4.75 Å². The van der Waals surface area contributed by atoms with Crippen LogP contribution in [0.4, 0.5) is 17.6 Å². The van der Waals surface area contributed by atoms with Crippen LogP contribution in [0.25, 0.3) is 0 Å². The molecule has 1 aromatic rings. The summed E-state index contributed by atoms with van der Waals surface area (Å²) in [5, 5.41) is 0. The van der Waals surface area contributed by atoms with E-state index in [2.05, 4.69) is 9.71 Å². The smallest absolute Gasteiger partial charge is 0.340 e. The fourth-order valence-corrected chi connectivity index (χ4v) is 2.42. The van der Waals surface area contributed by atoms with E-state index in [-0.39, 0.29) is 11.9 Å². The molecule has 1 rings (SSSR count). The van der Waals surface area contributed by atoms with Crippen molar-refractivity contribution in [2.45, 2.75) is 57.8 Å². The lowest BCUT2D eigenvalue weighted by atomic mass is 10.1. The van der Waals surface area contributed by atoms with E-state index in [1.807, 2.05) is 20.8 Å². The fourth-order valence-electron chi connectivity index (χ4n) is 1.60. The number of aryl methyl sites for hydroxylation is 1. The van der Waals surface area contributed by atoms with Gasteiger partial charge in [-0.05, 0) is 46.2 Å². The number of aromatic nitrogens is 1. The van der Waals surface area contributed by atoms with Crippen molar-refractivity contribution in [2.75, 3.05) is 6.61 Å². The minimum atomic E-state index is -4.23. The number of hydrogen-bond acceptors (Lipinski definition) is 4. The largest absolute Gasteiger partial charge is 0.598 e. The zero-order valence-corrected chi connectivity index (χ0v) is 15.0. The second-order valence-electron chi connectivity index (χ2n) is 6.46. The van der Waals surface area contributed by atoms with Crippen LogP contribution in [0.5, 0.6) is 5.88 Å². The van der Waals surface area contributed by atoms with E-state index in [0.717, 1.165) is 0 Å². The van der Waals surface area contributed by atoms with Crippen molar-refractivity contribution in [3.63, 3.8) is 0 Å². The molecule has 0 aliphatic carbocycles. The fraction of sp³-hybridized carbons (Fsp3) is 0.667. The number of ether oxygens (including phenoxy) is 1. The first kappa shape index (κ1) is 21.0. The summed E-state index contributed by atoms with van der Waals surface area (Å²) in [5.41, 5.74) is 1.10. The molecule has 24 heavy (non-hydrogen) atoms. The van der Waals surface area contributed by atoms with Crippen LogP contribution in [-0.2, 0) is 11.4 Å². The molecule has 0 radical (unpaired) electrons. The molecule has 4 nitrogen and oxygen atoms in total. The van der Waals surface area contributed by atoms with Gasteiger partial charge in [-0.2, -0.15) is 8.78 Å². The highest BCUT2D eigenvalue weighted by atomic mass is 32.2. The summed E-state index contributed by atoms with van der Waals surface area (Å²) in [6.07, 6.45) is -2.42. The maximum absolute atomic E-state index is 12.9. The van der Waals surface area contributed by atoms with Crippen LogP contribution < -0.4 is 9.46 Å². The highest BCUT2D eigenvalue weighted by Gasteiger charge is 2.42. The molecular weight excluding hydrogens is 348 g/mol. The minimum Gasteiger partial charge on any atom is -0.598 e. The molecule has 1 heterocycles. The molecule has 0 amide bonds. The highest BCUT2D eigenvalue weighted by molar-refractivity contribution is 7.90. The quantitative estimate of drug-likeness (QED) is 0.586. The van der Waals surface area contributed by atoms with Gasteiger partial charge in [-0.3, -0.25) is 0 Å². The molecular formula is C15H22F4N2O2S. The lowest BCUT2D eigenvalue weighted by Gasteiger charge is -2.26. The van der Waals surface area contributed by atoms with Gasteiger partial charge in [-0.25, -0.2) is 13.8 Å². The van der Waals surface area contributed by atoms with Crippen molar-refractivity contribution in [2.24, 2.45) is 0 Å². The van der Waals surface area contributed by atoms with Crippen LogP contribution >= 0.6 is 0 Å². The Morgan fingerprint density at radius 1 is 1.33 bits per heavy atom. The van der Waals surface area contributed by atoms with Crippen LogP contribution in [0.15, 0.2) is 12.3 Å². The SMILES string of the molecule is Cc1cc([C@@H](C)N[S+]([O-])C(C)(C)C)cnc1OCC(F)(F)C(F)F. The molecule has 2 atom stereocenters. The van der Waals surface area contributed by atoms with Gasteiger partial charge < -0.3 is 9.29 Å². The maximum Gasteiger partial charge on any atom is 0.340 e. The van der Waals surface area contributed by atoms with Gasteiger partial charge in [0.15, 0.2) is 6.61 Å². The van der Waals surface area contributed by atoms with Gasteiger partial charge >= 0.3 is 12.3 Å². The summed E-state index contributed by atoms with van der Waals surface area (Å²) in [6, 6.07) is 1.33. The summed E-state index contributed by atoms with van der Waals surface area (Å²) in [5.74, 6) is -4.37. The molecule has 0 aliphatic heterocycles. The summed E-state index contributed by atoms with van der Waals surface area (Å²) < 4.78 is 69.3. The van der Waals surface area contributed by atoms with E-state index in [0.29, 0.717) is 11.1 Å². The first-order valence-corrected chi connectivity index (χ1v) is 8.43. The predicted molar refractivity (Wildman–Crippen MR) is 84.9 cm³/mol. The minimum absolute atomic E-state index is 0.136. The van der Waals surface area contributed by atoms with Crippen LogP contribution in [0.3, 0.4) is 0 Å². The summed E-state index contributed by atoms with van der Waals surface area (Å²) in [6.45, 7) is 7.39. The summed E-state index contributed by atoms with van der Waals surface area (Å²) in [4.78, 5) is 3.89. The average Bonchev–Trinajstić information content (AvgIpc) is 2.44. The maximum atomic E-state index is 12.9. The Morgan fingerprint density at radius 3 is 2.38 bits per heavy atom. The predicted octanol–water partition coefficient (Wildman–Crippen LogP) is 3.78. The first-order valence-electron chi connectivity index (χ1n) is 7.28. The van der Waals surface area contributed by atoms with E-state index in [4.69, 9.17) is 4.74 Å². The third-order valence-electron chi connectivity index (χ3n) is 3.11. The molecule has 0 aliphatic rings. The Bertz CT molecular complexity index is 553. The van der Waals surface area contributed by atoms with E-state index in [1.165, 1.54) is 6.20 Å². The van der Waals surface area contributed by atoms with Crippen LogP contribution in [-0.4, -0.2) is 33.2 Å². The number of rotatable bonds is 7. The monoisotopic (exact) mass is 370 g/mol. The number of nitrogens with zero attached hydrogens (tertiary/aromatic N) is 1. The van der Waals surface area contributed by atoms with Crippen molar-refractivity contribution in [1.29, 1.82) is 0 Å². The van der Waals surface area contributed by atoms with Crippen LogP contribution in [0.2, 0.25) is 0 Å². The Kier molecular flexibility index (Phi) is 6.89.